The molecule has 1 aromatic carbocycles. The van der Waals surface area contributed by atoms with Crippen molar-refractivity contribution in [2.45, 2.75) is 78.6 Å². The van der Waals surface area contributed by atoms with Gasteiger partial charge in [0.15, 0.2) is 17.9 Å². The van der Waals surface area contributed by atoms with Gasteiger partial charge in [0.1, 0.15) is 18.8 Å². The Labute approximate surface area is 225 Å². The second-order valence-corrected chi connectivity index (χ2v) is 9.24. The van der Waals surface area contributed by atoms with Crippen LogP contribution in [-0.4, -0.2) is 79.2 Å². The Morgan fingerprint density at radius 1 is 1.03 bits per heavy atom. The number of aryl methyl sites for hydroxylation is 1. The molecule has 13 heteroatoms. The quantitative estimate of drug-likeness (QED) is 0.270. The Morgan fingerprint density at radius 2 is 1.69 bits per heavy atom. The van der Waals surface area contributed by atoms with Crippen LogP contribution in [0.15, 0.2) is 23.4 Å². The van der Waals surface area contributed by atoms with E-state index in [1.165, 1.54) is 13.8 Å². The van der Waals surface area contributed by atoms with E-state index >= 15 is 0 Å². The van der Waals surface area contributed by atoms with Crippen LogP contribution in [0.3, 0.4) is 0 Å². The highest BCUT2D eigenvalue weighted by Gasteiger charge is 2.52. The number of carbonyl (C=O) groups is 5. The summed E-state index contributed by atoms with van der Waals surface area (Å²) in [4.78, 5) is 68.1. The number of carbonyl (C=O) groups excluding carboxylic acids is 5. The molecular weight excluding hydrogens is 514 g/mol. The van der Waals surface area contributed by atoms with Gasteiger partial charge in [-0.15, -0.1) is 0 Å². The third-order valence-electron chi connectivity index (χ3n) is 5.91. The third-order valence-corrected chi connectivity index (χ3v) is 5.91. The van der Waals surface area contributed by atoms with E-state index in [1.54, 1.807) is 11.0 Å². The normalized spacial score (nSPS) is 25.1. The minimum Gasteiger partial charge on any atom is -0.463 e. The van der Waals surface area contributed by atoms with E-state index in [4.69, 9.17) is 23.8 Å². The maximum Gasteiger partial charge on any atom is 0.303 e. The lowest BCUT2D eigenvalue weighted by Crippen LogP contribution is -2.66. The minimum atomic E-state index is -1.43. The number of nitrogens with one attached hydrogen (secondary N) is 1. The van der Waals surface area contributed by atoms with Crippen LogP contribution in [0.1, 0.15) is 52.2 Å². The molecule has 2 amide bonds. The Kier molecular flexibility index (Phi) is 9.62. The number of amides is 2. The number of benzene rings is 1. The number of rotatable bonds is 9. The van der Waals surface area contributed by atoms with Crippen LogP contribution in [0.2, 0.25) is 0 Å². The first-order valence-electron chi connectivity index (χ1n) is 12.5. The predicted molar refractivity (Wildman–Crippen MR) is 135 cm³/mol. The van der Waals surface area contributed by atoms with Crippen LogP contribution in [0.5, 0.6) is 0 Å². The molecule has 0 saturated carbocycles. The van der Waals surface area contributed by atoms with E-state index in [0.29, 0.717) is 24.2 Å². The van der Waals surface area contributed by atoms with Crippen molar-refractivity contribution in [2.24, 2.45) is 5.16 Å². The summed E-state index contributed by atoms with van der Waals surface area (Å²) < 4.78 is 21.8. The summed E-state index contributed by atoms with van der Waals surface area (Å²) in [5.41, 5.74) is 2.16. The molecule has 2 heterocycles. The molecule has 0 bridgehead atoms. The van der Waals surface area contributed by atoms with Gasteiger partial charge in [-0.1, -0.05) is 23.7 Å². The zero-order chi connectivity index (χ0) is 28.9. The monoisotopic (exact) mass is 547 g/mol. The number of nitrogens with zero attached hydrogens (tertiary/aromatic N) is 2. The van der Waals surface area contributed by atoms with E-state index in [1.807, 2.05) is 26.0 Å². The number of hydrogen-bond donors (Lipinski definition) is 1. The van der Waals surface area contributed by atoms with Crippen molar-refractivity contribution in [2.75, 3.05) is 18.1 Å². The molecule has 1 aromatic rings. The van der Waals surface area contributed by atoms with Crippen molar-refractivity contribution < 1.29 is 47.8 Å². The lowest BCUT2D eigenvalue weighted by atomic mass is 9.96. The largest absolute Gasteiger partial charge is 0.463 e. The fourth-order valence-electron chi connectivity index (χ4n) is 4.45. The second kappa shape index (κ2) is 12.7. The predicted octanol–water partition coefficient (Wildman–Crippen LogP) is 1.13. The molecule has 0 aromatic heterocycles. The number of hydrogen-bond acceptors (Lipinski definition) is 11. The van der Waals surface area contributed by atoms with Gasteiger partial charge in [0.05, 0.1) is 5.69 Å². The summed E-state index contributed by atoms with van der Waals surface area (Å²) in [6, 6.07) is 4.30. The van der Waals surface area contributed by atoms with Gasteiger partial charge in [-0.05, 0) is 25.5 Å². The van der Waals surface area contributed by atoms with Crippen LogP contribution in [0.4, 0.5) is 5.69 Å². The van der Waals surface area contributed by atoms with Gasteiger partial charge in [-0.25, -0.2) is 0 Å². The van der Waals surface area contributed by atoms with Crippen LogP contribution in [0, 0.1) is 6.92 Å². The molecule has 0 radical (unpaired) electrons. The molecule has 39 heavy (non-hydrogen) atoms. The van der Waals surface area contributed by atoms with Crippen molar-refractivity contribution in [3.8, 4) is 0 Å². The van der Waals surface area contributed by atoms with E-state index in [9.17, 15) is 24.0 Å². The maximum atomic E-state index is 13.2. The zero-order valence-corrected chi connectivity index (χ0v) is 22.7. The van der Waals surface area contributed by atoms with Crippen molar-refractivity contribution in [1.29, 1.82) is 0 Å². The van der Waals surface area contributed by atoms with Gasteiger partial charge in [0.25, 0.3) is 12.2 Å². The number of esters is 3. The number of ether oxygens (including phenoxy) is 4. The summed E-state index contributed by atoms with van der Waals surface area (Å²) in [6.07, 6.45) is -4.46. The van der Waals surface area contributed by atoms with E-state index < -0.39 is 54.5 Å². The molecule has 0 aliphatic carbocycles. The molecule has 2 aliphatic heterocycles. The van der Waals surface area contributed by atoms with Gasteiger partial charge in [-0.3, -0.25) is 24.0 Å². The molecule has 0 unspecified atom stereocenters. The third kappa shape index (κ3) is 7.11. The Bertz CT molecular complexity index is 1170. The SMILES string of the molecule is CCCN1C(=O)/C(=N\O[C@@H]2O[C@H](COC(C)=O)[C@H](OC(C)=O)[C@H](OC(C)=O)[C@H]2NC(C)=O)c2cc(C)ccc21. The molecule has 2 aliphatic rings. The van der Waals surface area contributed by atoms with Crippen molar-refractivity contribution >= 4 is 41.1 Å². The highest BCUT2D eigenvalue weighted by atomic mass is 16.8. The van der Waals surface area contributed by atoms with Gasteiger partial charge in [0.2, 0.25) is 5.91 Å². The van der Waals surface area contributed by atoms with E-state index in [-0.39, 0.29) is 18.2 Å². The summed E-state index contributed by atoms with van der Waals surface area (Å²) in [5.74, 6) is -3.01. The topological polar surface area (TPSA) is 159 Å². The number of oxime groups is 1. The highest BCUT2D eigenvalue weighted by Crippen LogP contribution is 2.32. The van der Waals surface area contributed by atoms with Crippen LogP contribution in [0.25, 0.3) is 0 Å². The van der Waals surface area contributed by atoms with Gasteiger partial charge in [-0.2, -0.15) is 0 Å². The number of anilines is 1. The lowest BCUT2D eigenvalue weighted by Gasteiger charge is -2.43. The van der Waals surface area contributed by atoms with Crippen molar-refractivity contribution in [1.82, 2.24) is 5.32 Å². The van der Waals surface area contributed by atoms with Gasteiger partial charge >= 0.3 is 17.9 Å². The van der Waals surface area contributed by atoms with Crippen LogP contribution < -0.4 is 10.2 Å². The Morgan fingerprint density at radius 3 is 2.28 bits per heavy atom. The minimum absolute atomic E-state index is 0.0232. The smallest absolute Gasteiger partial charge is 0.303 e. The summed E-state index contributed by atoms with van der Waals surface area (Å²) in [7, 11) is 0. The van der Waals surface area contributed by atoms with E-state index in [0.717, 1.165) is 19.4 Å². The van der Waals surface area contributed by atoms with Gasteiger partial charge < -0.3 is 34.0 Å². The van der Waals surface area contributed by atoms with Crippen LogP contribution in [-0.2, 0) is 47.8 Å². The van der Waals surface area contributed by atoms with Crippen LogP contribution >= 0.6 is 0 Å². The fraction of sp³-hybridized carbons (Fsp3) is 0.538. The number of fused-ring (bicyclic) bond motifs is 1. The first-order valence-corrected chi connectivity index (χ1v) is 12.5. The summed E-state index contributed by atoms with van der Waals surface area (Å²) in [5, 5.41) is 6.71. The summed E-state index contributed by atoms with van der Waals surface area (Å²) in [6.45, 7) is 8.58. The van der Waals surface area contributed by atoms with E-state index in [2.05, 4.69) is 10.5 Å². The molecular formula is C26H33N3O10. The van der Waals surface area contributed by atoms with Gasteiger partial charge in [0, 0.05) is 39.8 Å². The molecule has 1 fully saturated rings. The first-order chi connectivity index (χ1) is 18.4. The maximum absolute atomic E-state index is 13.2. The highest BCUT2D eigenvalue weighted by molar-refractivity contribution is 6.54. The molecule has 3 rings (SSSR count). The zero-order valence-electron chi connectivity index (χ0n) is 22.7. The Balaban J connectivity index is 2.02. The fourth-order valence-corrected chi connectivity index (χ4v) is 4.45. The molecule has 5 atom stereocenters. The van der Waals surface area contributed by atoms with Crippen molar-refractivity contribution in [3.05, 3.63) is 29.3 Å². The standard InChI is InChI=1S/C26H33N3O10/c1-7-10-29-19-9-8-13(2)11-18(19)21(25(29)34)28-39-26-22(27-14(3)30)24(37-17(6)33)23(36-16(5)32)20(38-26)12-35-15(4)31/h8-9,11,20,22-24,26H,7,10,12H2,1-6H3,(H,27,30)/b28-21-/t20-,22-,23+,24-,26+/m1/s1. The molecule has 212 valence electrons. The first kappa shape index (κ1) is 29.6. The second-order valence-electron chi connectivity index (χ2n) is 9.24. The lowest BCUT2D eigenvalue weighted by molar-refractivity contribution is -0.278. The molecule has 1 saturated heterocycles. The average Bonchev–Trinajstić information content (AvgIpc) is 3.09. The molecule has 1 N–H and O–H groups in total. The molecule has 0 spiro atoms. The average molecular weight is 548 g/mol. The Hall–Kier alpha value is -4.00. The van der Waals surface area contributed by atoms with Crippen molar-refractivity contribution in [3.63, 3.8) is 0 Å². The summed E-state index contributed by atoms with van der Waals surface area (Å²) >= 11 is 0. The molecule has 13 nitrogen and oxygen atoms in total.